The number of hydrogen-bond acceptors (Lipinski definition) is 5. The Hall–Kier alpha value is -1.79. The summed E-state index contributed by atoms with van der Waals surface area (Å²) in [5.74, 6) is 0.161. The zero-order valence-electron chi connectivity index (χ0n) is 18.1. The zero-order valence-corrected chi connectivity index (χ0v) is 18.9. The molecule has 0 radical (unpaired) electrons. The number of ether oxygens (including phenoxy) is 2. The Bertz CT molecular complexity index is 832. The summed E-state index contributed by atoms with van der Waals surface area (Å²) in [7, 11) is 0. The van der Waals surface area contributed by atoms with Gasteiger partial charge in [-0.25, -0.2) is 0 Å². The summed E-state index contributed by atoms with van der Waals surface area (Å²) in [6.45, 7) is 5.14. The van der Waals surface area contributed by atoms with Crippen molar-refractivity contribution in [2.24, 2.45) is 5.92 Å². The van der Waals surface area contributed by atoms with Crippen molar-refractivity contribution in [1.29, 1.82) is 0 Å². The molecule has 4 rings (SSSR count). The van der Waals surface area contributed by atoms with Crippen LogP contribution in [0.2, 0.25) is 0 Å². The predicted octanol–water partition coefficient (Wildman–Crippen LogP) is 4.52. The molecule has 3 atom stereocenters. The maximum absolute atomic E-state index is 13.5. The number of carbonyl (C=O) groups excluding carboxylic acids is 2. The molecule has 3 aliphatic rings. The zero-order chi connectivity index (χ0) is 21.3. The minimum atomic E-state index is -0.363. The summed E-state index contributed by atoms with van der Waals surface area (Å²) in [4.78, 5) is 29.8. The van der Waals surface area contributed by atoms with E-state index in [0.29, 0.717) is 24.5 Å². The fraction of sp³-hybridized carbons (Fsp3) is 0.583. The first kappa shape index (κ1) is 21.4. The van der Waals surface area contributed by atoms with E-state index in [0.717, 1.165) is 42.6 Å². The van der Waals surface area contributed by atoms with Crippen molar-refractivity contribution < 1.29 is 19.1 Å². The summed E-state index contributed by atoms with van der Waals surface area (Å²) < 4.78 is 11.9. The van der Waals surface area contributed by atoms with Gasteiger partial charge in [0.1, 0.15) is 6.10 Å². The second kappa shape index (κ2) is 9.15. The van der Waals surface area contributed by atoms with Gasteiger partial charge < -0.3 is 14.4 Å². The van der Waals surface area contributed by atoms with Gasteiger partial charge in [0, 0.05) is 18.0 Å². The molecule has 1 fully saturated rings. The van der Waals surface area contributed by atoms with Crippen LogP contribution in [0, 0.1) is 5.92 Å². The van der Waals surface area contributed by atoms with E-state index >= 15 is 0 Å². The van der Waals surface area contributed by atoms with Crippen molar-refractivity contribution in [3.8, 4) is 0 Å². The fourth-order valence-electron chi connectivity index (χ4n) is 4.81. The SMILES string of the molecule is CSc1ccc(C2C3=C(OC4CCCCC4C3=O)C(=O)N2CCCOC(C)C)cc1. The molecule has 1 aromatic rings. The van der Waals surface area contributed by atoms with Gasteiger partial charge in [0.25, 0.3) is 5.91 Å². The van der Waals surface area contributed by atoms with E-state index in [1.807, 2.05) is 37.1 Å². The van der Waals surface area contributed by atoms with Gasteiger partial charge >= 0.3 is 0 Å². The lowest BCUT2D eigenvalue weighted by molar-refractivity contribution is -0.135. The van der Waals surface area contributed by atoms with Crippen LogP contribution in [0.5, 0.6) is 0 Å². The third-order valence-corrected chi connectivity index (χ3v) is 7.03. The van der Waals surface area contributed by atoms with Gasteiger partial charge in [0.15, 0.2) is 11.5 Å². The molecule has 3 unspecified atom stereocenters. The number of ketones is 1. The van der Waals surface area contributed by atoms with Crippen molar-refractivity contribution in [1.82, 2.24) is 4.90 Å². The summed E-state index contributed by atoms with van der Waals surface area (Å²) in [6, 6.07) is 7.83. The van der Waals surface area contributed by atoms with Crippen LogP contribution in [0.1, 0.15) is 57.6 Å². The minimum Gasteiger partial charge on any atom is -0.483 e. The first-order valence-corrected chi connectivity index (χ1v) is 12.2. The van der Waals surface area contributed by atoms with Gasteiger partial charge in [-0.2, -0.15) is 0 Å². The van der Waals surface area contributed by atoms with Gasteiger partial charge in [-0.3, -0.25) is 9.59 Å². The average molecular weight is 430 g/mol. The maximum atomic E-state index is 13.5. The average Bonchev–Trinajstić information content (AvgIpc) is 3.03. The highest BCUT2D eigenvalue weighted by atomic mass is 32.2. The van der Waals surface area contributed by atoms with Crippen LogP contribution in [-0.4, -0.2) is 48.2 Å². The Balaban J connectivity index is 1.65. The largest absolute Gasteiger partial charge is 0.483 e. The number of nitrogens with zero attached hydrogens (tertiary/aromatic N) is 1. The van der Waals surface area contributed by atoms with Gasteiger partial charge in [-0.15, -0.1) is 11.8 Å². The lowest BCUT2D eigenvalue weighted by Crippen LogP contribution is -2.39. The highest BCUT2D eigenvalue weighted by Crippen LogP contribution is 2.46. The maximum Gasteiger partial charge on any atom is 0.290 e. The van der Waals surface area contributed by atoms with E-state index in [4.69, 9.17) is 9.47 Å². The Morgan fingerprint density at radius 2 is 1.90 bits per heavy atom. The monoisotopic (exact) mass is 429 g/mol. The minimum absolute atomic E-state index is 0.109. The van der Waals surface area contributed by atoms with Gasteiger partial charge in [-0.1, -0.05) is 18.6 Å². The standard InChI is InChI=1S/C24H31NO4S/c1-15(2)28-14-6-13-25-21(16-9-11-17(30-3)12-10-16)20-22(26)18-7-4-5-8-19(18)29-23(20)24(25)27/h9-12,15,18-19,21H,4-8,13-14H2,1-3H3. The first-order chi connectivity index (χ1) is 14.5. The Morgan fingerprint density at radius 3 is 2.60 bits per heavy atom. The van der Waals surface area contributed by atoms with Crippen molar-refractivity contribution in [3.05, 3.63) is 41.2 Å². The summed E-state index contributed by atoms with van der Waals surface area (Å²) in [6.07, 6.45) is 6.61. The fourth-order valence-corrected chi connectivity index (χ4v) is 5.22. The lowest BCUT2D eigenvalue weighted by Gasteiger charge is -2.35. The summed E-state index contributed by atoms with van der Waals surface area (Å²) >= 11 is 1.68. The van der Waals surface area contributed by atoms with Crippen LogP contribution in [0.3, 0.4) is 0 Å². The molecule has 0 spiro atoms. The molecule has 30 heavy (non-hydrogen) atoms. The van der Waals surface area contributed by atoms with E-state index in [1.54, 1.807) is 11.8 Å². The van der Waals surface area contributed by atoms with Crippen LogP contribution in [0.15, 0.2) is 40.5 Å². The van der Waals surface area contributed by atoms with E-state index < -0.39 is 0 Å². The van der Waals surface area contributed by atoms with E-state index in [1.165, 1.54) is 0 Å². The number of carbonyl (C=O) groups is 2. The van der Waals surface area contributed by atoms with Gasteiger partial charge in [-0.05, 0) is 63.5 Å². The molecule has 6 heteroatoms. The third kappa shape index (κ3) is 4.04. The topological polar surface area (TPSA) is 55.8 Å². The Labute approximate surface area is 183 Å². The quantitative estimate of drug-likeness (QED) is 0.471. The molecule has 5 nitrogen and oxygen atoms in total. The van der Waals surface area contributed by atoms with E-state index in [-0.39, 0.29) is 35.9 Å². The molecule has 162 valence electrons. The highest BCUT2D eigenvalue weighted by Gasteiger charge is 2.51. The molecule has 1 saturated carbocycles. The van der Waals surface area contributed by atoms with Crippen LogP contribution in [-0.2, 0) is 19.1 Å². The molecule has 2 heterocycles. The smallest absolute Gasteiger partial charge is 0.290 e. The second-order valence-electron chi connectivity index (χ2n) is 8.60. The molecule has 1 aliphatic carbocycles. The molecule has 2 aliphatic heterocycles. The molecule has 0 aromatic heterocycles. The number of amides is 1. The summed E-state index contributed by atoms with van der Waals surface area (Å²) in [5.41, 5.74) is 1.55. The predicted molar refractivity (Wildman–Crippen MR) is 117 cm³/mol. The lowest BCUT2D eigenvalue weighted by atomic mass is 9.77. The molecule has 0 N–H and O–H groups in total. The van der Waals surface area contributed by atoms with Crippen LogP contribution in [0.25, 0.3) is 0 Å². The van der Waals surface area contributed by atoms with Crippen molar-refractivity contribution in [2.75, 3.05) is 19.4 Å². The molecule has 1 amide bonds. The molecule has 0 saturated heterocycles. The number of Topliss-reactive ketones (excluding diaryl/α,β-unsaturated/α-hetero) is 1. The molecule has 0 bridgehead atoms. The molecular weight excluding hydrogens is 398 g/mol. The van der Waals surface area contributed by atoms with Crippen molar-refractivity contribution in [3.63, 3.8) is 0 Å². The Morgan fingerprint density at radius 1 is 1.17 bits per heavy atom. The normalized spacial score (nSPS) is 26.1. The van der Waals surface area contributed by atoms with Gasteiger partial charge in [0.2, 0.25) is 0 Å². The van der Waals surface area contributed by atoms with E-state index in [2.05, 4.69) is 12.1 Å². The van der Waals surface area contributed by atoms with E-state index in [9.17, 15) is 9.59 Å². The molecule has 1 aromatic carbocycles. The number of hydrogen-bond donors (Lipinski definition) is 0. The number of rotatable bonds is 7. The van der Waals surface area contributed by atoms with Crippen molar-refractivity contribution >= 4 is 23.5 Å². The number of fused-ring (bicyclic) bond motifs is 1. The summed E-state index contributed by atoms with van der Waals surface area (Å²) in [5, 5.41) is 0. The third-order valence-electron chi connectivity index (χ3n) is 6.28. The highest BCUT2D eigenvalue weighted by molar-refractivity contribution is 7.98. The second-order valence-corrected chi connectivity index (χ2v) is 9.48. The number of benzene rings is 1. The Kier molecular flexibility index (Phi) is 6.54. The van der Waals surface area contributed by atoms with Crippen molar-refractivity contribution in [2.45, 2.75) is 69.1 Å². The van der Waals surface area contributed by atoms with Crippen LogP contribution in [0.4, 0.5) is 0 Å². The molecular formula is C24H31NO4S. The van der Waals surface area contributed by atoms with Crippen LogP contribution < -0.4 is 0 Å². The van der Waals surface area contributed by atoms with Crippen LogP contribution >= 0.6 is 11.8 Å². The first-order valence-electron chi connectivity index (χ1n) is 11.0. The van der Waals surface area contributed by atoms with Gasteiger partial charge in [0.05, 0.1) is 23.6 Å². The number of thioether (sulfide) groups is 1.